The molecular formula is C17H17F3N4O. The highest BCUT2D eigenvalue weighted by molar-refractivity contribution is 5.92. The van der Waals surface area contributed by atoms with E-state index in [1.807, 2.05) is 9.80 Å². The second-order valence-electron chi connectivity index (χ2n) is 5.77. The van der Waals surface area contributed by atoms with Crippen molar-refractivity contribution >= 4 is 17.3 Å². The Morgan fingerprint density at radius 3 is 2.52 bits per heavy atom. The molecule has 1 aromatic carbocycles. The molecule has 1 N–H and O–H groups in total. The minimum atomic E-state index is -0.808. The molecule has 3 rings (SSSR count). The molecule has 5 nitrogen and oxygen atoms in total. The van der Waals surface area contributed by atoms with Gasteiger partial charge in [0.2, 0.25) is 11.9 Å². The minimum Gasteiger partial charge on any atom is -0.369 e. The number of nitrogens with zero attached hydrogens (tertiary/aromatic N) is 3. The van der Waals surface area contributed by atoms with Crippen LogP contribution in [0, 0.1) is 17.6 Å². The molecular weight excluding hydrogens is 333 g/mol. The van der Waals surface area contributed by atoms with Crippen LogP contribution in [0.4, 0.5) is 24.5 Å². The number of benzene rings is 1. The number of amides is 1. The van der Waals surface area contributed by atoms with E-state index in [2.05, 4.69) is 10.3 Å². The fourth-order valence-corrected chi connectivity index (χ4v) is 2.74. The number of aromatic nitrogens is 1. The van der Waals surface area contributed by atoms with Gasteiger partial charge in [-0.15, -0.1) is 0 Å². The van der Waals surface area contributed by atoms with Crippen LogP contribution >= 0.6 is 0 Å². The van der Waals surface area contributed by atoms with Gasteiger partial charge in [-0.25, -0.2) is 13.8 Å². The van der Waals surface area contributed by atoms with Gasteiger partial charge >= 0.3 is 0 Å². The molecule has 1 saturated heterocycles. The normalized spacial score (nSPS) is 15.2. The van der Waals surface area contributed by atoms with E-state index in [0.717, 1.165) is 17.8 Å². The van der Waals surface area contributed by atoms with Crippen molar-refractivity contribution in [2.45, 2.75) is 0 Å². The molecule has 25 heavy (non-hydrogen) atoms. The van der Waals surface area contributed by atoms with Crippen LogP contribution in [0.25, 0.3) is 0 Å². The molecule has 0 unspecified atom stereocenters. The van der Waals surface area contributed by atoms with E-state index in [1.54, 1.807) is 6.07 Å². The second kappa shape index (κ2) is 7.52. The summed E-state index contributed by atoms with van der Waals surface area (Å²) in [5, 5.41) is 2.44. The van der Waals surface area contributed by atoms with Crippen molar-refractivity contribution in [2.24, 2.45) is 0 Å². The van der Waals surface area contributed by atoms with E-state index in [-0.39, 0.29) is 18.1 Å². The van der Waals surface area contributed by atoms with E-state index in [0.29, 0.717) is 26.2 Å². The molecule has 0 atom stereocenters. The van der Waals surface area contributed by atoms with Crippen LogP contribution in [-0.4, -0.2) is 48.5 Å². The van der Waals surface area contributed by atoms with Crippen LogP contribution in [-0.2, 0) is 4.79 Å². The van der Waals surface area contributed by atoms with Gasteiger partial charge < -0.3 is 10.2 Å². The molecule has 132 valence electrons. The van der Waals surface area contributed by atoms with Crippen LogP contribution < -0.4 is 10.2 Å². The van der Waals surface area contributed by atoms with Gasteiger partial charge in [0.15, 0.2) is 0 Å². The van der Waals surface area contributed by atoms with E-state index in [9.17, 15) is 18.0 Å². The van der Waals surface area contributed by atoms with Gasteiger partial charge in [-0.3, -0.25) is 9.69 Å². The Morgan fingerprint density at radius 1 is 1.08 bits per heavy atom. The summed E-state index contributed by atoms with van der Waals surface area (Å²) < 4.78 is 39.6. The highest BCUT2D eigenvalue weighted by atomic mass is 19.1. The summed E-state index contributed by atoms with van der Waals surface area (Å²) >= 11 is 0. The van der Waals surface area contributed by atoms with Crippen molar-refractivity contribution < 1.29 is 18.0 Å². The number of halogens is 3. The quantitative estimate of drug-likeness (QED) is 0.860. The molecule has 0 spiro atoms. The van der Waals surface area contributed by atoms with Gasteiger partial charge in [0, 0.05) is 50.2 Å². The van der Waals surface area contributed by atoms with Crippen LogP contribution in [0.5, 0.6) is 0 Å². The average Bonchev–Trinajstić information content (AvgIpc) is 2.58. The number of nitrogens with one attached hydrogen (secondary N) is 1. The van der Waals surface area contributed by atoms with Gasteiger partial charge in [-0.05, 0) is 18.2 Å². The number of anilines is 2. The number of pyridine rings is 1. The van der Waals surface area contributed by atoms with Crippen molar-refractivity contribution in [2.75, 3.05) is 42.9 Å². The summed E-state index contributed by atoms with van der Waals surface area (Å²) in [6, 6.07) is 6.12. The second-order valence-corrected chi connectivity index (χ2v) is 5.77. The highest BCUT2D eigenvalue weighted by Crippen LogP contribution is 2.17. The van der Waals surface area contributed by atoms with Crippen molar-refractivity contribution in [1.29, 1.82) is 0 Å². The molecule has 0 radical (unpaired) electrons. The molecule has 1 fully saturated rings. The largest absolute Gasteiger partial charge is 0.369 e. The molecule has 2 aromatic rings. The zero-order valence-electron chi connectivity index (χ0n) is 13.4. The zero-order chi connectivity index (χ0) is 17.8. The van der Waals surface area contributed by atoms with E-state index < -0.39 is 17.6 Å². The Labute approximate surface area is 143 Å². The predicted octanol–water partition coefficient (Wildman–Crippen LogP) is 2.26. The minimum absolute atomic E-state index is 0.0442. The maximum Gasteiger partial charge on any atom is 0.238 e. The van der Waals surface area contributed by atoms with Crippen LogP contribution in [0.15, 0.2) is 36.5 Å². The maximum absolute atomic E-state index is 13.6. The fraction of sp³-hybridized carbons (Fsp3) is 0.294. The van der Waals surface area contributed by atoms with Crippen LogP contribution in [0.1, 0.15) is 0 Å². The standard InChI is InChI=1S/C17H17F3N4O/c18-12-1-2-15(14(19)9-12)22-17(25)11-23-5-7-24(8-6-23)13-3-4-21-16(20)10-13/h1-4,9-10H,5-8,11H2,(H,22,25). The first-order valence-corrected chi connectivity index (χ1v) is 7.85. The first-order chi connectivity index (χ1) is 12.0. The summed E-state index contributed by atoms with van der Waals surface area (Å²) in [7, 11) is 0. The fourth-order valence-electron chi connectivity index (χ4n) is 2.74. The monoisotopic (exact) mass is 350 g/mol. The number of piperazine rings is 1. The number of rotatable bonds is 4. The third-order valence-electron chi connectivity index (χ3n) is 4.02. The summed E-state index contributed by atoms with van der Waals surface area (Å²) in [6.45, 7) is 2.62. The SMILES string of the molecule is O=C(CN1CCN(c2ccnc(F)c2)CC1)Nc1ccc(F)cc1F. The Kier molecular flexibility index (Phi) is 5.18. The Balaban J connectivity index is 1.51. The summed E-state index contributed by atoms with van der Waals surface area (Å²) in [4.78, 5) is 19.5. The maximum atomic E-state index is 13.6. The molecule has 8 heteroatoms. The van der Waals surface area contributed by atoms with Crippen molar-refractivity contribution in [1.82, 2.24) is 9.88 Å². The summed E-state index contributed by atoms with van der Waals surface area (Å²) in [5.74, 6) is -2.40. The number of hydrogen-bond acceptors (Lipinski definition) is 4. The van der Waals surface area contributed by atoms with Crippen LogP contribution in [0.3, 0.4) is 0 Å². The first kappa shape index (κ1) is 17.2. The van der Waals surface area contributed by atoms with E-state index in [4.69, 9.17) is 0 Å². The lowest BCUT2D eigenvalue weighted by molar-refractivity contribution is -0.117. The third kappa shape index (κ3) is 4.48. The summed E-state index contributed by atoms with van der Waals surface area (Å²) in [6.07, 6.45) is 1.42. The molecule has 1 amide bonds. The third-order valence-corrected chi connectivity index (χ3v) is 4.02. The van der Waals surface area contributed by atoms with Gasteiger partial charge in [-0.1, -0.05) is 0 Å². The smallest absolute Gasteiger partial charge is 0.238 e. The van der Waals surface area contributed by atoms with Gasteiger partial charge in [0.1, 0.15) is 11.6 Å². The van der Waals surface area contributed by atoms with Crippen molar-refractivity contribution in [3.8, 4) is 0 Å². The molecule has 0 aliphatic carbocycles. The number of carbonyl (C=O) groups excluding carboxylic acids is 1. The van der Waals surface area contributed by atoms with Gasteiger partial charge in [-0.2, -0.15) is 4.39 Å². The van der Waals surface area contributed by atoms with E-state index in [1.165, 1.54) is 18.3 Å². The van der Waals surface area contributed by atoms with Gasteiger partial charge in [0.25, 0.3) is 0 Å². The lowest BCUT2D eigenvalue weighted by Crippen LogP contribution is -2.48. The summed E-state index contributed by atoms with van der Waals surface area (Å²) in [5.41, 5.74) is 0.710. The molecule has 2 heterocycles. The predicted molar refractivity (Wildman–Crippen MR) is 87.8 cm³/mol. The Morgan fingerprint density at radius 2 is 1.84 bits per heavy atom. The van der Waals surface area contributed by atoms with Crippen LogP contribution in [0.2, 0.25) is 0 Å². The topological polar surface area (TPSA) is 48.5 Å². The van der Waals surface area contributed by atoms with Gasteiger partial charge in [0.05, 0.1) is 12.2 Å². The van der Waals surface area contributed by atoms with Crippen molar-refractivity contribution in [3.05, 3.63) is 54.1 Å². The molecule has 0 bridgehead atoms. The first-order valence-electron chi connectivity index (χ1n) is 7.85. The molecule has 1 aromatic heterocycles. The lowest BCUT2D eigenvalue weighted by atomic mass is 10.2. The van der Waals surface area contributed by atoms with E-state index >= 15 is 0 Å². The number of carbonyl (C=O) groups is 1. The lowest BCUT2D eigenvalue weighted by Gasteiger charge is -2.35. The Hall–Kier alpha value is -2.61. The highest BCUT2D eigenvalue weighted by Gasteiger charge is 2.20. The molecule has 1 aliphatic heterocycles. The Bertz CT molecular complexity index is 763. The zero-order valence-corrected chi connectivity index (χ0v) is 13.4. The number of hydrogen-bond donors (Lipinski definition) is 1. The molecule has 0 saturated carbocycles. The molecule has 1 aliphatic rings. The average molecular weight is 350 g/mol. The van der Waals surface area contributed by atoms with Crippen molar-refractivity contribution in [3.63, 3.8) is 0 Å².